The molecule has 0 atom stereocenters. The van der Waals surface area contributed by atoms with Gasteiger partial charge in [0.2, 0.25) is 5.91 Å². The molecule has 2 aliphatic rings. The fourth-order valence-corrected chi connectivity index (χ4v) is 3.94. The third kappa shape index (κ3) is 4.56. The summed E-state index contributed by atoms with van der Waals surface area (Å²) < 4.78 is 5.74. The molecule has 0 bridgehead atoms. The number of halogens is 2. The summed E-state index contributed by atoms with van der Waals surface area (Å²) in [5.41, 5.74) is 0. The number of benzene rings is 1. The van der Waals surface area contributed by atoms with E-state index in [1.54, 1.807) is 18.2 Å². The van der Waals surface area contributed by atoms with Crippen molar-refractivity contribution in [2.24, 2.45) is 5.92 Å². The fraction of sp³-hybridized carbons (Fsp3) is 0.611. The van der Waals surface area contributed by atoms with Gasteiger partial charge in [0.05, 0.1) is 5.02 Å². The maximum absolute atomic E-state index is 12.4. The van der Waals surface area contributed by atoms with Crippen molar-refractivity contribution in [1.82, 2.24) is 9.80 Å². The Labute approximate surface area is 153 Å². The number of hydrogen-bond donors (Lipinski definition) is 0. The highest BCUT2D eigenvalue weighted by molar-refractivity contribution is 6.35. The highest BCUT2D eigenvalue weighted by Crippen LogP contribution is 2.27. The number of ether oxygens (including phenoxy) is 1. The molecule has 3 rings (SSSR count). The number of likely N-dealkylation sites (tertiary alicyclic amines) is 2. The second-order valence-corrected chi connectivity index (χ2v) is 7.42. The summed E-state index contributed by atoms with van der Waals surface area (Å²) in [7, 11) is 0. The first-order valence-electron chi connectivity index (χ1n) is 8.72. The summed E-state index contributed by atoms with van der Waals surface area (Å²) in [5.74, 6) is 1.25. The highest BCUT2D eigenvalue weighted by Gasteiger charge is 2.29. The molecule has 4 nitrogen and oxygen atoms in total. The Hall–Kier alpha value is -0.970. The van der Waals surface area contributed by atoms with Crippen molar-refractivity contribution in [3.05, 3.63) is 28.2 Å². The van der Waals surface area contributed by atoms with Gasteiger partial charge < -0.3 is 9.64 Å². The van der Waals surface area contributed by atoms with E-state index >= 15 is 0 Å². The van der Waals surface area contributed by atoms with E-state index in [0.717, 1.165) is 58.4 Å². The van der Waals surface area contributed by atoms with E-state index in [0.29, 0.717) is 28.3 Å². The highest BCUT2D eigenvalue weighted by atomic mass is 35.5. The van der Waals surface area contributed by atoms with E-state index in [1.165, 1.54) is 0 Å². The van der Waals surface area contributed by atoms with Crippen molar-refractivity contribution >= 4 is 29.1 Å². The molecule has 132 valence electrons. The summed E-state index contributed by atoms with van der Waals surface area (Å²) in [5, 5.41) is 1.15. The summed E-state index contributed by atoms with van der Waals surface area (Å²) >= 11 is 12.0. The first kappa shape index (κ1) is 17.8. The third-order valence-electron chi connectivity index (χ3n) is 4.91. The van der Waals surface area contributed by atoms with Crippen molar-refractivity contribution < 1.29 is 9.53 Å². The molecule has 1 amide bonds. The lowest BCUT2D eigenvalue weighted by molar-refractivity contribution is -0.136. The van der Waals surface area contributed by atoms with Crippen LogP contribution in [0.5, 0.6) is 5.75 Å². The van der Waals surface area contributed by atoms with Crippen LogP contribution in [0.1, 0.15) is 25.7 Å². The Morgan fingerprint density at radius 1 is 1.12 bits per heavy atom. The summed E-state index contributed by atoms with van der Waals surface area (Å²) in [6, 6.07) is 5.26. The SMILES string of the molecule is O=C(C1CCN(CCOc2ccc(Cl)cc2Cl)CC1)N1CCCC1. The van der Waals surface area contributed by atoms with Gasteiger partial charge in [-0.3, -0.25) is 9.69 Å². The average molecular weight is 371 g/mol. The van der Waals surface area contributed by atoms with Crippen molar-refractivity contribution in [3.63, 3.8) is 0 Å². The summed E-state index contributed by atoms with van der Waals surface area (Å²) in [6.07, 6.45) is 4.23. The molecule has 24 heavy (non-hydrogen) atoms. The molecule has 0 saturated carbocycles. The molecule has 2 aliphatic heterocycles. The summed E-state index contributed by atoms with van der Waals surface area (Å²) in [6.45, 7) is 5.27. The van der Waals surface area contributed by atoms with Crippen molar-refractivity contribution in [3.8, 4) is 5.75 Å². The first-order valence-corrected chi connectivity index (χ1v) is 9.48. The minimum atomic E-state index is 0.214. The van der Waals surface area contributed by atoms with E-state index in [-0.39, 0.29) is 5.92 Å². The van der Waals surface area contributed by atoms with Crippen molar-refractivity contribution in [2.75, 3.05) is 39.3 Å². The topological polar surface area (TPSA) is 32.8 Å². The molecule has 0 aliphatic carbocycles. The quantitative estimate of drug-likeness (QED) is 0.791. The van der Waals surface area contributed by atoms with Crippen LogP contribution in [0.3, 0.4) is 0 Å². The molecule has 1 aromatic rings. The number of carbonyl (C=O) groups is 1. The molecule has 6 heteroatoms. The summed E-state index contributed by atoms with van der Waals surface area (Å²) in [4.78, 5) is 16.8. The minimum absolute atomic E-state index is 0.214. The second kappa shape index (κ2) is 8.41. The van der Waals surface area contributed by atoms with E-state index in [2.05, 4.69) is 4.90 Å². The fourth-order valence-electron chi connectivity index (χ4n) is 3.48. The lowest BCUT2D eigenvalue weighted by Gasteiger charge is -2.33. The molecule has 0 unspecified atom stereocenters. The predicted octanol–water partition coefficient (Wildman–Crippen LogP) is 3.71. The molecule has 0 aromatic heterocycles. The Bertz CT molecular complexity index is 568. The lowest BCUT2D eigenvalue weighted by Crippen LogP contribution is -2.42. The van der Waals surface area contributed by atoms with Crippen LogP contribution in [0.15, 0.2) is 18.2 Å². The van der Waals surface area contributed by atoms with Gasteiger partial charge in [-0.15, -0.1) is 0 Å². The smallest absolute Gasteiger partial charge is 0.225 e. The number of amides is 1. The van der Waals surface area contributed by atoms with Gasteiger partial charge in [0.25, 0.3) is 0 Å². The third-order valence-corrected chi connectivity index (χ3v) is 5.44. The number of carbonyl (C=O) groups excluding carboxylic acids is 1. The number of rotatable bonds is 5. The van der Waals surface area contributed by atoms with Gasteiger partial charge in [0, 0.05) is 30.6 Å². The van der Waals surface area contributed by atoms with Crippen LogP contribution in [0.4, 0.5) is 0 Å². The van der Waals surface area contributed by atoms with Crippen LogP contribution < -0.4 is 4.74 Å². The van der Waals surface area contributed by atoms with Crippen molar-refractivity contribution in [2.45, 2.75) is 25.7 Å². The molecule has 2 heterocycles. The van der Waals surface area contributed by atoms with E-state index in [1.807, 2.05) is 4.90 Å². The molecule has 2 fully saturated rings. The first-order chi connectivity index (χ1) is 11.6. The van der Waals surface area contributed by atoms with E-state index in [9.17, 15) is 4.79 Å². The molecule has 0 N–H and O–H groups in total. The molecule has 2 saturated heterocycles. The Morgan fingerprint density at radius 2 is 1.83 bits per heavy atom. The van der Waals surface area contributed by atoms with Crippen LogP contribution in [-0.2, 0) is 4.79 Å². The zero-order valence-electron chi connectivity index (χ0n) is 13.8. The normalized spacial score (nSPS) is 19.7. The van der Waals surface area contributed by atoms with Crippen LogP contribution in [-0.4, -0.2) is 55.0 Å². The number of nitrogens with zero attached hydrogens (tertiary/aromatic N) is 2. The average Bonchev–Trinajstić information content (AvgIpc) is 3.11. The maximum atomic E-state index is 12.4. The van der Waals surface area contributed by atoms with Gasteiger partial charge >= 0.3 is 0 Å². The second-order valence-electron chi connectivity index (χ2n) is 6.57. The number of piperidine rings is 1. The monoisotopic (exact) mass is 370 g/mol. The van der Waals surface area contributed by atoms with Crippen LogP contribution in [0.25, 0.3) is 0 Å². The van der Waals surface area contributed by atoms with Crippen LogP contribution in [0, 0.1) is 5.92 Å². The largest absolute Gasteiger partial charge is 0.491 e. The molecule has 0 spiro atoms. The molecule has 0 radical (unpaired) electrons. The minimum Gasteiger partial charge on any atom is -0.491 e. The zero-order chi connectivity index (χ0) is 16.9. The van der Waals surface area contributed by atoms with E-state index in [4.69, 9.17) is 27.9 Å². The Morgan fingerprint density at radius 3 is 2.50 bits per heavy atom. The van der Waals surface area contributed by atoms with Crippen LogP contribution in [0.2, 0.25) is 10.0 Å². The van der Waals surface area contributed by atoms with Gasteiger partial charge in [0.1, 0.15) is 12.4 Å². The van der Waals surface area contributed by atoms with Gasteiger partial charge in [0.15, 0.2) is 0 Å². The maximum Gasteiger partial charge on any atom is 0.225 e. The standard InChI is InChI=1S/C18H24Cl2N2O2/c19-15-3-4-17(16(20)13-15)24-12-11-21-9-5-14(6-10-21)18(23)22-7-1-2-8-22/h3-4,13-14H,1-2,5-12H2. The van der Waals surface area contributed by atoms with Crippen molar-refractivity contribution in [1.29, 1.82) is 0 Å². The van der Waals surface area contributed by atoms with Gasteiger partial charge in [-0.1, -0.05) is 23.2 Å². The predicted molar refractivity (Wildman–Crippen MR) is 96.9 cm³/mol. The molecular formula is C18H24Cl2N2O2. The number of hydrogen-bond acceptors (Lipinski definition) is 3. The van der Waals surface area contributed by atoms with Crippen LogP contribution >= 0.6 is 23.2 Å². The van der Waals surface area contributed by atoms with Gasteiger partial charge in [-0.2, -0.15) is 0 Å². The van der Waals surface area contributed by atoms with Gasteiger partial charge in [-0.25, -0.2) is 0 Å². The lowest BCUT2D eigenvalue weighted by atomic mass is 9.95. The molecule has 1 aromatic carbocycles. The molecular weight excluding hydrogens is 347 g/mol. The zero-order valence-corrected chi connectivity index (χ0v) is 15.4. The Kier molecular flexibility index (Phi) is 6.25. The van der Waals surface area contributed by atoms with E-state index < -0.39 is 0 Å². The Balaban J connectivity index is 1.38. The van der Waals surface area contributed by atoms with Gasteiger partial charge in [-0.05, 0) is 57.0 Å².